The van der Waals surface area contributed by atoms with E-state index in [1.807, 2.05) is 20.8 Å². The Morgan fingerprint density at radius 2 is 1.82 bits per heavy atom. The normalized spacial score (nSPS) is 21.2. The van der Waals surface area contributed by atoms with Gasteiger partial charge in [0.05, 0.1) is 5.92 Å². The zero-order valence-corrected chi connectivity index (χ0v) is 13.4. The summed E-state index contributed by atoms with van der Waals surface area (Å²) in [5.74, 6) is 0.817. The molecular weight excluding hydrogens is 282 g/mol. The summed E-state index contributed by atoms with van der Waals surface area (Å²) in [5.41, 5.74) is 0.653. The molecule has 0 fully saturated rings. The summed E-state index contributed by atoms with van der Waals surface area (Å²) in [7, 11) is 0. The standard InChI is InChI=1S/C19H22F2O/c1-18(2,3)17(22)15-11-9-14(10-12-15)16-8-6-4-5-7-13-19(16,20)21/h9-12,16H,4-6,8H2,1-3H3. The largest absolute Gasteiger partial charge is 0.314 e. The van der Waals surface area contributed by atoms with Gasteiger partial charge >= 0.3 is 5.92 Å². The molecule has 0 bridgehead atoms. The Morgan fingerprint density at radius 1 is 1.18 bits per heavy atom. The number of Topliss-reactive ketones (excluding diaryl/α,β-unsaturated/α-hetero) is 1. The molecule has 1 aromatic carbocycles. The van der Waals surface area contributed by atoms with Crippen LogP contribution in [0.3, 0.4) is 0 Å². The summed E-state index contributed by atoms with van der Waals surface area (Å²) >= 11 is 0. The van der Waals surface area contributed by atoms with Crippen molar-refractivity contribution in [3.63, 3.8) is 0 Å². The van der Waals surface area contributed by atoms with Gasteiger partial charge in [-0.05, 0) is 24.3 Å². The molecule has 0 N–H and O–H groups in total. The van der Waals surface area contributed by atoms with E-state index in [-0.39, 0.29) is 5.78 Å². The molecule has 0 heterocycles. The summed E-state index contributed by atoms with van der Waals surface area (Å²) in [4.78, 5) is 12.2. The van der Waals surface area contributed by atoms with Crippen LogP contribution in [0.5, 0.6) is 0 Å². The van der Waals surface area contributed by atoms with Crippen molar-refractivity contribution in [2.24, 2.45) is 5.41 Å². The highest BCUT2D eigenvalue weighted by atomic mass is 19.3. The Morgan fingerprint density at radius 3 is 2.41 bits per heavy atom. The second-order valence-corrected chi connectivity index (χ2v) is 6.92. The van der Waals surface area contributed by atoms with Crippen LogP contribution < -0.4 is 0 Å². The highest BCUT2D eigenvalue weighted by molar-refractivity contribution is 5.99. The van der Waals surface area contributed by atoms with E-state index in [0.29, 0.717) is 24.0 Å². The van der Waals surface area contributed by atoms with Gasteiger partial charge in [0, 0.05) is 17.4 Å². The number of hydrogen-bond donors (Lipinski definition) is 0. The minimum atomic E-state index is -3.00. The van der Waals surface area contributed by atoms with Crippen molar-refractivity contribution < 1.29 is 13.6 Å². The number of halogens is 2. The summed E-state index contributed by atoms with van der Waals surface area (Å²) in [6.07, 6.45) is 2.58. The van der Waals surface area contributed by atoms with Crippen LogP contribution in [0.2, 0.25) is 0 Å². The van der Waals surface area contributed by atoms with Crippen LogP contribution in [0.25, 0.3) is 0 Å². The first-order valence-electron chi connectivity index (χ1n) is 7.74. The molecule has 1 aliphatic rings. The molecule has 0 saturated heterocycles. The number of carbonyl (C=O) groups excluding carboxylic acids is 1. The third kappa shape index (κ3) is 3.74. The first kappa shape index (κ1) is 16.7. The lowest BCUT2D eigenvalue weighted by molar-refractivity contribution is 0.0296. The molecule has 1 aromatic rings. The maximum absolute atomic E-state index is 14.2. The van der Waals surface area contributed by atoms with Gasteiger partial charge in [-0.2, -0.15) is 8.78 Å². The topological polar surface area (TPSA) is 17.1 Å². The van der Waals surface area contributed by atoms with E-state index in [9.17, 15) is 13.6 Å². The van der Waals surface area contributed by atoms with Crippen LogP contribution in [0, 0.1) is 17.3 Å². The molecule has 2 rings (SSSR count). The van der Waals surface area contributed by atoms with Gasteiger partial charge in [0.1, 0.15) is 0 Å². The van der Waals surface area contributed by atoms with Crippen LogP contribution in [0.15, 0.2) is 24.3 Å². The zero-order valence-electron chi connectivity index (χ0n) is 13.4. The van der Waals surface area contributed by atoms with Crippen molar-refractivity contribution >= 4 is 5.78 Å². The number of carbonyl (C=O) groups is 1. The van der Waals surface area contributed by atoms with Gasteiger partial charge in [-0.25, -0.2) is 0 Å². The molecule has 0 aromatic heterocycles. The molecule has 1 nitrogen and oxygen atoms in total. The predicted octanol–water partition coefficient (Wildman–Crippen LogP) is 5.21. The average molecular weight is 304 g/mol. The summed E-state index contributed by atoms with van der Waals surface area (Å²) < 4.78 is 28.4. The van der Waals surface area contributed by atoms with Gasteiger partial charge in [-0.1, -0.05) is 57.4 Å². The Bertz CT molecular complexity index is 597. The first-order chi connectivity index (χ1) is 10.2. The molecular formula is C19H22F2O. The molecule has 118 valence electrons. The molecule has 22 heavy (non-hydrogen) atoms. The first-order valence-corrected chi connectivity index (χ1v) is 7.74. The van der Waals surface area contributed by atoms with Gasteiger partial charge in [0.2, 0.25) is 0 Å². The Labute approximate surface area is 131 Å². The lowest BCUT2D eigenvalue weighted by atomic mass is 9.83. The van der Waals surface area contributed by atoms with Gasteiger partial charge in [0.15, 0.2) is 5.78 Å². The summed E-state index contributed by atoms with van der Waals surface area (Å²) in [6, 6.07) is 6.62. The average Bonchev–Trinajstić information content (AvgIpc) is 2.42. The quantitative estimate of drug-likeness (QED) is 0.541. The van der Waals surface area contributed by atoms with E-state index in [2.05, 4.69) is 11.8 Å². The van der Waals surface area contributed by atoms with Gasteiger partial charge in [0.25, 0.3) is 0 Å². The minimum Gasteiger partial charge on any atom is -0.294 e. The van der Waals surface area contributed by atoms with Gasteiger partial charge in [-0.15, -0.1) is 0 Å². The lowest BCUT2D eigenvalue weighted by Crippen LogP contribution is -2.26. The molecule has 1 atom stereocenters. The van der Waals surface area contributed by atoms with Crippen LogP contribution in [0.1, 0.15) is 68.3 Å². The van der Waals surface area contributed by atoms with Crippen molar-refractivity contribution in [1.29, 1.82) is 0 Å². The van der Waals surface area contributed by atoms with E-state index in [4.69, 9.17) is 0 Å². The highest BCUT2D eigenvalue weighted by Crippen LogP contribution is 2.38. The fraction of sp³-hybridized carbons (Fsp3) is 0.526. The SMILES string of the molecule is CC(C)(C)C(=O)c1ccc(C2CCCCC#CC2(F)F)cc1. The molecule has 0 saturated carbocycles. The zero-order chi connectivity index (χ0) is 16.4. The van der Waals surface area contributed by atoms with Crippen molar-refractivity contribution in [2.45, 2.75) is 58.3 Å². The molecule has 0 aliphatic heterocycles. The van der Waals surface area contributed by atoms with E-state index < -0.39 is 17.3 Å². The van der Waals surface area contributed by atoms with Crippen molar-refractivity contribution in [1.82, 2.24) is 0 Å². The van der Waals surface area contributed by atoms with E-state index in [1.165, 1.54) is 0 Å². The van der Waals surface area contributed by atoms with Crippen molar-refractivity contribution in [3.05, 3.63) is 35.4 Å². The van der Waals surface area contributed by atoms with E-state index in [1.54, 1.807) is 24.3 Å². The summed E-state index contributed by atoms with van der Waals surface area (Å²) in [6.45, 7) is 5.55. The lowest BCUT2D eigenvalue weighted by Gasteiger charge is -2.25. The van der Waals surface area contributed by atoms with Crippen LogP contribution >= 0.6 is 0 Å². The fourth-order valence-corrected chi connectivity index (χ4v) is 2.69. The Balaban J connectivity index is 2.28. The summed E-state index contributed by atoms with van der Waals surface area (Å²) in [5, 5.41) is 0. The number of ketones is 1. The van der Waals surface area contributed by atoms with Crippen LogP contribution in [0.4, 0.5) is 8.78 Å². The van der Waals surface area contributed by atoms with Gasteiger partial charge in [-0.3, -0.25) is 4.79 Å². The number of rotatable bonds is 2. The Kier molecular flexibility index (Phi) is 4.70. The van der Waals surface area contributed by atoms with E-state index in [0.717, 1.165) is 12.8 Å². The molecule has 1 aliphatic carbocycles. The monoisotopic (exact) mass is 304 g/mol. The number of hydrogen-bond acceptors (Lipinski definition) is 1. The number of benzene rings is 1. The smallest absolute Gasteiger partial charge is 0.294 e. The molecule has 0 spiro atoms. The van der Waals surface area contributed by atoms with Crippen molar-refractivity contribution in [2.75, 3.05) is 0 Å². The second kappa shape index (κ2) is 6.20. The second-order valence-electron chi connectivity index (χ2n) is 6.92. The molecule has 0 radical (unpaired) electrons. The predicted molar refractivity (Wildman–Crippen MR) is 84.2 cm³/mol. The van der Waals surface area contributed by atoms with Crippen molar-refractivity contribution in [3.8, 4) is 11.8 Å². The third-order valence-corrected chi connectivity index (χ3v) is 3.99. The van der Waals surface area contributed by atoms with E-state index >= 15 is 0 Å². The minimum absolute atomic E-state index is 0.0169. The van der Waals surface area contributed by atoms with Crippen LogP contribution in [-0.2, 0) is 0 Å². The third-order valence-electron chi connectivity index (χ3n) is 3.99. The maximum atomic E-state index is 14.2. The fourth-order valence-electron chi connectivity index (χ4n) is 2.69. The molecule has 3 heteroatoms. The Hall–Kier alpha value is -1.69. The molecule has 1 unspecified atom stereocenters. The maximum Gasteiger partial charge on any atom is 0.314 e. The number of alkyl halides is 2. The molecule has 0 amide bonds. The van der Waals surface area contributed by atoms with Gasteiger partial charge < -0.3 is 0 Å². The van der Waals surface area contributed by atoms with Crippen LogP contribution in [-0.4, -0.2) is 11.7 Å². The highest BCUT2D eigenvalue weighted by Gasteiger charge is 2.39.